The van der Waals surface area contributed by atoms with Gasteiger partial charge in [-0.05, 0) is 12.8 Å². The number of aliphatic hydroxyl groups excluding tert-OH is 11. The molecule has 17 atom stereocenters. The van der Waals surface area contributed by atoms with E-state index in [0.29, 0.717) is 12.8 Å². The van der Waals surface area contributed by atoms with Crippen LogP contribution in [0.1, 0.15) is 373 Å². The molecule has 0 spiro atoms. The Morgan fingerprint density at radius 1 is 0.323 bits per heavy atom. The summed E-state index contributed by atoms with van der Waals surface area (Å²) in [6, 6.07) is -0.883. The number of carbonyl (C=O) groups is 1. The Labute approximate surface area is 602 Å². The van der Waals surface area contributed by atoms with Gasteiger partial charge in [0.1, 0.15) is 73.2 Å². The van der Waals surface area contributed by atoms with E-state index in [2.05, 4.69) is 19.2 Å². The van der Waals surface area contributed by atoms with Crippen molar-refractivity contribution < 1.29 is 89.4 Å². The molecule has 17 unspecified atom stereocenters. The lowest BCUT2D eigenvalue weighted by Gasteiger charge is -2.48. The van der Waals surface area contributed by atoms with Crippen LogP contribution in [0.2, 0.25) is 0 Å². The smallest absolute Gasteiger partial charge is 0.220 e. The van der Waals surface area contributed by atoms with Crippen molar-refractivity contribution in [3.8, 4) is 0 Å². The number of hydrogen-bond acceptors (Lipinski definition) is 18. The molecule has 0 aromatic heterocycles. The lowest BCUT2D eigenvalue weighted by atomic mass is 9.96. The maximum atomic E-state index is 13.5. The van der Waals surface area contributed by atoms with Crippen molar-refractivity contribution in [2.75, 3.05) is 26.4 Å². The number of amides is 1. The molecule has 19 nitrogen and oxygen atoms in total. The van der Waals surface area contributed by atoms with Crippen LogP contribution in [0.3, 0.4) is 0 Å². The van der Waals surface area contributed by atoms with Crippen LogP contribution in [0.15, 0.2) is 0 Å². The van der Waals surface area contributed by atoms with E-state index in [-0.39, 0.29) is 18.9 Å². The van der Waals surface area contributed by atoms with Gasteiger partial charge in [-0.3, -0.25) is 4.79 Å². The summed E-state index contributed by atoms with van der Waals surface area (Å²) in [4.78, 5) is 13.5. The van der Waals surface area contributed by atoms with Gasteiger partial charge in [-0.15, -0.1) is 0 Å². The minimum atomic E-state index is -1.97. The fourth-order valence-corrected chi connectivity index (χ4v) is 14.7. The lowest BCUT2D eigenvalue weighted by molar-refractivity contribution is -0.379. The van der Waals surface area contributed by atoms with Crippen molar-refractivity contribution >= 4 is 5.91 Å². The number of aliphatic hydroxyl groups is 11. The fraction of sp³-hybridized carbons (Fsp3) is 0.988. The van der Waals surface area contributed by atoms with Gasteiger partial charge < -0.3 is 89.9 Å². The predicted octanol–water partition coefficient (Wildman–Crippen LogP) is 14.2. The zero-order valence-electron chi connectivity index (χ0n) is 63.0. The fourth-order valence-electron chi connectivity index (χ4n) is 14.7. The highest BCUT2D eigenvalue weighted by Gasteiger charge is 2.54. The molecule has 0 radical (unpaired) electrons. The van der Waals surface area contributed by atoms with E-state index in [0.717, 1.165) is 44.9 Å². The molecule has 0 aromatic carbocycles. The number of unbranched alkanes of at least 4 members (excludes halogenated alkanes) is 52. The number of carbonyl (C=O) groups excluding carboxylic acids is 1. The molecule has 3 aliphatic rings. The zero-order chi connectivity index (χ0) is 71.8. The van der Waals surface area contributed by atoms with E-state index in [1.807, 2.05) is 0 Å². The summed E-state index contributed by atoms with van der Waals surface area (Å²) in [6.07, 6.45) is 44.9. The molecule has 3 rings (SSSR count). The van der Waals surface area contributed by atoms with E-state index >= 15 is 0 Å². The Hall–Kier alpha value is -1.21. The van der Waals surface area contributed by atoms with E-state index in [1.54, 1.807) is 0 Å². The predicted molar refractivity (Wildman–Crippen MR) is 393 cm³/mol. The Morgan fingerprint density at radius 3 is 0.879 bits per heavy atom. The quantitative estimate of drug-likeness (QED) is 0.0252. The molecule has 588 valence electrons. The van der Waals surface area contributed by atoms with Gasteiger partial charge in [-0.25, -0.2) is 0 Å². The number of ether oxygens (including phenoxy) is 6. The molecule has 0 saturated carbocycles. The Morgan fingerprint density at radius 2 is 0.576 bits per heavy atom. The van der Waals surface area contributed by atoms with Crippen molar-refractivity contribution in [3.05, 3.63) is 0 Å². The monoisotopic (exact) mass is 1420 g/mol. The topological polar surface area (TPSA) is 307 Å². The van der Waals surface area contributed by atoms with Gasteiger partial charge in [0.25, 0.3) is 0 Å². The molecule has 12 N–H and O–H groups in total. The summed E-state index contributed by atoms with van der Waals surface area (Å²) >= 11 is 0. The minimum Gasteiger partial charge on any atom is -0.394 e. The van der Waals surface area contributed by atoms with Crippen LogP contribution in [0.25, 0.3) is 0 Å². The molecule has 0 bridgehead atoms. The van der Waals surface area contributed by atoms with Gasteiger partial charge in [-0.1, -0.05) is 354 Å². The summed E-state index contributed by atoms with van der Waals surface area (Å²) in [5.74, 6) is -0.233. The molecule has 0 aliphatic carbocycles. The maximum absolute atomic E-state index is 13.5. The third-order valence-electron chi connectivity index (χ3n) is 21.4. The van der Waals surface area contributed by atoms with Crippen LogP contribution in [-0.2, 0) is 33.2 Å². The maximum Gasteiger partial charge on any atom is 0.220 e. The highest BCUT2D eigenvalue weighted by Crippen LogP contribution is 2.34. The van der Waals surface area contributed by atoms with Crippen molar-refractivity contribution in [1.82, 2.24) is 5.32 Å². The first-order valence-electron chi connectivity index (χ1n) is 41.8. The van der Waals surface area contributed by atoms with Crippen LogP contribution < -0.4 is 5.32 Å². The second kappa shape index (κ2) is 61.9. The van der Waals surface area contributed by atoms with Crippen LogP contribution in [0.4, 0.5) is 0 Å². The largest absolute Gasteiger partial charge is 0.394 e. The van der Waals surface area contributed by atoms with Gasteiger partial charge >= 0.3 is 0 Å². The van der Waals surface area contributed by atoms with Crippen molar-refractivity contribution in [2.24, 2.45) is 0 Å². The number of rotatable bonds is 68. The van der Waals surface area contributed by atoms with Gasteiger partial charge in [-0.2, -0.15) is 0 Å². The standard InChI is InChI=1S/C80H155NO18/c1-3-5-7-9-11-13-15-17-19-21-23-25-26-27-28-29-30-31-32-33-34-35-36-38-39-41-43-45-47-49-51-53-55-57-64(85)63(81-68(86)58-56-54-52-50-48-46-44-42-40-37-24-22-20-18-16-14-12-10-8-6-4-2)62-94-78-74(92)71(89)76(66(60-83)96-78)99-80-75(93)72(90)77(67(61-84)97-80)98-79-73(91)70(88)69(87)65(59-82)95-79/h63-67,69-80,82-85,87-93H,3-62H2,1-2H3,(H,81,86). The van der Waals surface area contributed by atoms with Crippen molar-refractivity contribution in [2.45, 2.75) is 478 Å². The van der Waals surface area contributed by atoms with E-state index in [4.69, 9.17) is 28.4 Å². The van der Waals surface area contributed by atoms with Crippen molar-refractivity contribution in [1.29, 1.82) is 0 Å². The Kier molecular flexibility index (Phi) is 57.5. The van der Waals surface area contributed by atoms with E-state index in [9.17, 15) is 61.0 Å². The summed E-state index contributed by atoms with van der Waals surface area (Å²) in [5.41, 5.74) is 0. The van der Waals surface area contributed by atoms with Gasteiger partial charge in [0.05, 0.1) is 38.6 Å². The van der Waals surface area contributed by atoms with Crippen LogP contribution in [-0.4, -0.2) is 193 Å². The molecule has 0 aromatic rings. The second-order valence-corrected chi connectivity index (χ2v) is 30.3. The SMILES string of the molecule is CCCCCCCCCCCCCCCCCCCCCCCCCCCCCCCCCCCC(O)C(COC1OC(CO)C(OC2OC(CO)C(OC3OC(CO)C(O)C(O)C3O)C(O)C2O)C(O)C1O)NC(=O)CCCCCCCCCCCCCCCCCCCCCCC. The molecule has 19 heteroatoms. The summed E-state index contributed by atoms with van der Waals surface area (Å²) < 4.78 is 34.5. The molecule has 3 fully saturated rings. The molecule has 3 heterocycles. The van der Waals surface area contributed by atoms with Crippen LogP contribution in [0, 0.1) is 0 Å². The third-order valence-corrected chi connectivity index (χ3v) is 21.4. The first-order valence-corrected chi connectivity index (χ1v) is 41.8. The second-order valence-electron chi connectivity index (χ2n) is 30.3. The zero-order valence-corrected chi connectivity index (χ0v) is 63.0. The first-order chi connectivity index (χ1) is 48.3. The van der Waals surface area contributed by atoms with Gasteiger partial charge in [0.2, 0.25) is 5.91 Å². The van der Waals surface area contributed by atoms with E-state index in [1.165, 1.54) is 295 Å². The van der Waals surface area contributed by atoms with Crippen LogP contribution in [0.5, 0.6) is 0 Å². The molecule has 3 saturated heterocycles. The molecule has 3 aliphatic heterocycles. The normalized spacial score (nSPS) is 26.5. The van der Waals surface area contributed by atoms with E-state index < -0.39 is 124 Å². The minimum absolute atomic E-state index is 0.233. The molecular formula is C80H155NO18. The summed E-state index contributed by atoms with van der Waals surface area (Å²) in [6.45, 7) is 1.88. The highest BCUT2D eigenvalue weighted by molar-refractivity contribution is 5.76. The highest BCUT2D eigenvalue weighted by atomic mass is 16.8. The average Bonchev–Trinajstić information content (AvgIpc) is 0.783. The third kappa shape index (κ3) is 42.1. The Balaban J connectivity index is 1.34. The van der Waals surface area contributed by atoms with Gasteiger partial charge in [0.15, 0.2) is 18.9 Å². The summed E-state index contributed by atoms with van der Waals surface area (Å²) in [7, 11) is 0. The van der Waals surface area contributed by atoms with Crippen LogP contribution >= 0.6 is 0 Å². The first kappa shape index (κ1) is 92.0. The van der Waals surface area contributed by atoms with Gasteiger partial charge in [0, 0.05) is 6.42 Å². The Bertz CT molecular complexity index is 1790. The lowest BCUT2D eigenvalue weighted by Crippen LogP contribution is -2.66. The average molecular weight is 1420 g/mol. The number of hydrogen-bond donors (Lipinski definition) is 12. The number of nitrogens with one attached hydrogen (secondary N) is 1. The molecular weight excluding hydrogens is 1260 g/mol. The molecule has 99 heavy (non-hydrogen) atoms. The van der Waals surface area contributed by atoms with Crippen molar-refractivity contribution in [3.63, 3.8) is 0 Å². The molecule has 1 amide bonds. The summed E-state index contributed by atoms with van der Waals surface area (Å²) in [5, 5.41) is 121.